The molecular weight excluding hydrogens is 340 g/mol. The van der Waals surface area contributed by atoms with Crippen molar-refractivity contribution in [3.05, 3.63) is 60.2 Å². The molecule has 5 nitrogen and oxygen atoms in total. The van der Waals surface area contributed by atoms with Crippen LogP contribution in [0.3, 0.4) is 0 Å². The molecule has 1 heterocycles. The van der Waals surface area contributed by atoms with Crippen LogP contribution in [-0.2, 0) is 6.42 Å². The Bertz CT molecular complexity index is 717. The minimum absolute atomic E-state index is 0.0477. The van der Waals surface area contributed by atoms with E-state index in [4.69, 9.17) is 0 Å². The number of halogens is 2. The van der Waals surface area contributed by atoms with Gasteiger partial charge in [0, 0.05) is 12.2 Å². The van der Waals surface area contributed by atoms with E-state index in [9.17, 15) is 13.6 Å². The molecule has 3 N–H and O–H groups in total. The van der Waals surface area contributed by atoms with Gasteiger partial charge in [0.25, 0.3) is 0 Å². The standard InChI is InChI=1S/C19H21F2N3O2/c20-17(21)26-16-8-6-15(7-9-16)23-18(25)24-19(10-11-22-13-19)12-14-4-2-1-3-5-14/h1-9,17,22H,10-13H2,(H2,23,24,25)/t19-/m1/s1. The summed E-state index contributed by atoms with van der Waals surface area (Å²) < 4.78 is 28.6. The van der Waals surface area contributed by atoms with E-state index in [1.807, 2.05) is 30.3 Å². The van der Waals surface area contributed by atoms with Gasteiger partial charge in [-0.25, -0.2) is 4.79 Å². The molecule has 0 spiro atoms. The molecule has 1 aliphatic heterocycles. The van der Waals surface area contributed by atoms with Crippen molar-refractivity contribution in [1.82, 2.24) is 10.6 Å². The van der Waals surface area contributed by atoms with Crippen molar-refractivity contribution in [2.75, 3.05) is 18.4 Å². The fourth-order valence-corrected chi connectivity index (χ4v) is 3.15. The lowest BCUT2D eigenvalue weighted by molar-refractivity contribution is -0.0498. The van der Waals surface area contributed by atoms with Crippen LogP contribution in [0.4, 0.5) is 19.3 Å². The molecule has 0 aromatic heterocycles. The minimum atomic E-state index is -2.87. The smallest absolute Gasteiger partial charge is 0.387 e. The van der Waals surface area contributed by atoms with Gasteiger partial charge in [-0.3, -0.25) is 0 Å². The van der Waals surface area contributed by atoms with Gasteiger partial charge in [0.05, 0.1) is 5.54 Å². The maximum atomic E-state index is 12.4. The van der Waals surface area contributed by atoms with Gasteiger partial charge in [0.1, 0.15) is 5.75 Å². The summed E-state index contributed by atoms with van der Waals surface area (Å²) in [5.74, 6) is 0.0477. The largest absolute Gasteiger partial charge is 0.435 e. The van der Waals surface area contributed by atoms with Crippen LogP contribution in [-0.4, -0.2) is 31.3 Å². The van der Waals surface area contributed by atoms with Gasteiger partial charge >= 0.3 is 12.6 Å². The molecule has 0 aliphatic carbocycles. The minimum Gasteiger partial charge on any atom is -0.435 e. The number of ether oxygens (including phenoxy) is 1. The van der Waals surface area contributed by atoms with E-state index in [2.05, 4.69) is 20.7 Å². The average Bonchev–Trinajstić information content (AvgIpc) is 3.05. The van der Waals surface area contributed by atoms with Crippen molar-refractivity contribution >= 4 is 11.7 Å². The summed E-state index contributed by atoms with van der Waals surface area (Å²) in [5, 5.41) is 9.11. The SMILES string of the molecule is O=C(Nc1ccc(OC(F)F)cc1)N[C@@]1(Cc2ccccc2)CCNC1. The Balaban J connectivity index is 1.61. The lowest BCUT2D eigenvalue weighted by Gasteiger charge is -2.30. The van der Waals surface area contributed by atoms with Gasteiger partial charge in [-0.2, -0.15) is 8.78 Å². The van der Waals surface area contributed by atoms with Crippen molar-refractivity contribution in [2.24, 2.45) is 0 Å². The summed E-state index contributed by atoms with van der Waals surface area (Å²) in [6.07, 6.45) is 1.56. The molecule has 0 bridgehead atoms. The molecular formula is C19H21F2N3O2. The maximum Gasteiger partial charge on any atom is 0.387 e. The van der Waals surface area contributed by atoms with Gasteiger partial charge in [0.15, 0.2) is 0 Å². The van der Waals surface area contributed by atoms with Gasteiger partial charge in [-0.1, -0.05) is 30.3 Å². The first kappa shape index (κ1) is 18.1. The predicted molar refractivity (Wildman–Crippen MR) is 95.6 cm³/mol. The van der Waals surface area contributed by atoms with Gasteiger partial charge in [-0.15, -0.1) is 0 Å². The highest BCUT2D eigenvalue weighted by Gasteiger charge is 2.35. The Kier molecular flexibility index (Phi) is 5.68. The number of carbonyl (C=O) groups excluding carboxylic acids is 1. The van der Waals surface area contributed by atoms with Crippen molar-refractivity contribution in [2.45, 2.75) is 25.0 Å². The molecule has 0 unspecified atom stereocenters. The Morgan fingerprint density at radius 3 is 2.50 bits per heavy atom. The molecule has 2 amide bonds. The first-order valence-corrected chi connectivity index (χ1v) is 8.43. The maximum absolute atomic E-state index is 12.4. The van der Waals surface area contributed by atoms with Crippen LogP contribution in [0.25, 0.3) is 0 Å². The summed E-state index contributed by atoms with van der Waals surface area (Å²) in [5.41, 5.74) is 1.30. The molecule has 1 fully saturated rings. The molecule has 138 valence electrons. The second-order valence-electron chi connectivity index (χ2n) is 6.35. The van der Waals surface area contributed by atoms with Crippen molar-refractivity contribution in [3.8, 4) is 5.75 Å². The first-order valence-electron chi connectivity index (χ1n) is 8.43. The monoisotopic (exact) mass is 361 g/mol. The quantitative estimate of drug-likeness (QED) is 0.739. The number of amides is 2. The van der Waals surface area contributed by atoms with Crippen LogP contribution in [0.15, 0.2) is 54.6 Å². The molecule has 1 saturated heterocycles. The van der Waals surface area contributed by atoms with E-state index in [-0.39, 0.29) is 17.3 Å². The molecule has 1 atom stereocenters. The summed E-state index contributed by atoms with van der Waals surface area (Å²) >= 11 is 0. The van der Waals surface area contributed by atoms with E-state index in [1.54, 1.807) is 0 Å². The fraction of sp³-hybridized carbons (Fsp3) is 0.316. The number of benzene rings is 2. The zero-order chi connectivity index (χ0) is 18.4. The van der Waals surface area contributed by atoms with E-state index in [1.165, 1.54) is 24.3 Å². The number of carbonyl (C=O) groups is 1. The van der Waals surface area contributed by atoms with E-state index in [0.29, 0.717) is 12.2 Å². The second kappa shape index (κ2) is 8.14. The Morgan fingerprint density at radius 1 is 1.15 bits per heavy atom. The molecule has 2 aromatic rings. The van der Waals surface area contributed by atoms with Crippen molar-refractivity contribution < 1.29 is 18.3 Å². The van der Waals surface area contributed by atoms with Crippen LogP contribution < -0.4 is 20.7 Å². The van der Waals surface area contributed by atoms with E-state index < -0.39 is 6.61 Å². The summed E-state index contributed by atoms with van der Waals surface area (Å²) in [4.78, 5) is 12.4. The number of anilines is 1. The molecule has 0 radical (unpaired) electrons. The van der Waals surface area contributed by atoms with E-state index in [0.717, 1.165) is 24.9 Å². The second-order valence-corrected chi connectivity index (χ2v) is 6.35. The highest BCUT2D eigenvalue weighted by molar-refractivity contribution is 5.89. The molecule has 26 heavy (non-hydrogen) atoms. The number of hydrogen-bond donors (Lipinski definition) is 3. The van der Waals surface area contributed by atoms with Crippen LogP contribution in [0.2, 0.25) is 0 Å². The predicted octanol–water partition coefficient (Wildman–Crippen LogP) is 3.38. The van der Waals surface area contributed by atoms with Gasteiger partial charge < -0.3 is 20.7 Å². The number of rotatable bonds is 6. The third kappa shape index (κ3) is 4.92. The Morgan fingerprint density at radius 2 is 1.88 bits per heavy atom. The van der Waals surface area contributed by atoms with E-state index >= 15 is 0 Å². The topological polar surface area (TPSA) is 62.4 Å². The molecule has 1 aliphatic rings. The average molecular weight is 361 g/mol. The van der Waals surface area contributed by atoms with Crippen LogP contribution in [0.1, 0.15) is 12.0 Å². The zero-order valence-corrected chi connectivity index (χ0v) is 14.2. The van der Waals surface area contributed by atoms with Crippen molar-refractivity contribution in [3.63, 3.8) is 0 Å². The summed E-state index contributed by atoms with van der Waals surface area (Å²) in [7, 11) is 0. The molecule has 0 saturated carbocycles. The summed E-state index contributed by atoms with van der Waals surface area (Å²) in [6.45, 7) is -1.34. The Hall–Kier alpha value is -2.67. The Labute approximate surface area is 150 Å². The third-order valence-corrected chi connectivity index (χ3v) is 4.35. The van der Waals surface area contributed by atoms with Crippen LogP contribution in [0.5, 0.6) is 5.75 Å². The van der Waals surface area contributed by atoms with Crippen molar-refractivity contribution in [1.29, 1.82) is 0 Å². The zero-order valence-electron chi connectivity index (χ0n) is 14.2. The van der Waals surface area contributed by atoms with Gasteiger partial charge in [0.2, 0.25) is 0 Å². The number of urea groups is 1. The highest BCUT2D eigenvalue weighted by atomic mass is 19.3. The lowest BCUT2D eigenvalue weighted by atomic mass is 9.90. The fourth-order valence-electron chi connectivity index (χ4n) is 3.15. The number of alkyl halides is 2. The number of hydrogen-bond acceptors (Lipinski definition) is 3. The molecule has 3 rings (SSSR count). The van der Waals surface area contributed by atoms with Gasteiger partial charge in [-0.05, 0) is 49.2 Å². The van der Waals surface area contributed by atoms with Crippen LogP contribution >= 0.6 is 0 Å². The lowest BCUT2D eigenvalue weighted by Crippen LogP contribution is -2.53. The molecule has 2 aromatic carbocycles. The molecule has 7 heteroatoms. The van der Waals surface area contributed by atoms with Crippen LogP contribution in [0, 0.1) is 0 Å². The highest BCUT2D eigenvalue weighted by Crippen LogP contribution is 2.22. The first-order chi connectivity index (χ1) is 12.5. The third-order valence-electron chi connectivity index (χ3n) is 4.35. The normalized spacial score (nSPS) is 19.3. The number of nitrogens with one attached hydrogen (secondary N) is 3. The summed E-state index contributed by atoms with van der Waals surface area (Å²) in [6, 6.07) is 15.5.